The van der Waals surface area contributed by atoms with Crippen molar-refractivity contribution >= 4 is 34.6 Å². The predicted molar refractivity (Wildman–Crippen MR) is 141 cm³/mol. The van der Waals surface area contributed by atoms with Gasteiger partial charge in [0.2, 0.25) is 5.91 Å². The van der Waals surface area contributed by atoms with Crippen molar-refractivity contribution in [3.8, 4) is 0 Å². The van der Waals surface area contributed by atoms with E-state index in [4.69, 9.17) is 0 Å². The molecule has 1 aliphatic heterocycles. The molecule has 0 unspecified atom stereocenters. The van der Waals surface area contributed by atoms with Crippen LogP contribution >= 0.6 is 0 Å². The average molecular weight is 558 g/mol. The summed E-state index contributed by atoms with van der Waals surface area (Å²) in [5, 5.41) is 26.1. The maximum atomic E-state index is 13.1. The van der Waals surface area contributed by atoms with E-state index in [9.17, 15) is 38.0 Å². The van der Waals surface area contributed by atoms with E-state index >= 15 is 0 Å². The van der Waals surface area contributed by atoms with E-state index in [1.54, 1.807) is 24.3 Å². The normalized spacial score (nSPS) is 14.4. The van der Waals surface area contributed by atoms with E-state index in [2.05, 4.69) is 10.6 Å². The van der Waals surface area contributed by atoms with Crippen LogP contribution in [0.3, 0.4) is 0 Å². The van der Waals surface area contributed by atoms with Gasteiger partial charge in [-0.2, -0.15) is 13.2 Å². The van der Waals surface area contributed by atoms with Crippen LogP contribution in [0.4, 0.5) is 35.9 Å². The van der Waals surface area contributed by atoms with Crippen LogP contribution in [0.2, 0.25) is 0 Å². The molecule has 0 saturated carbocycles. The Hall–Kier alpha value is -4.65. The number of nitro groups is 1. The molecule has 3 N–H and O–H groups in total. The second-order valence-corrected chi connectivity index (χ2v) is 9.04. The Balaban J connectivity index is 1.39. The van der Waals surface area contributed by atoms with Gasteiger partial charge < -0.3 is 25.5 Å². The topological polar surface area (TPSA) is 128 Å². The zero-order chi connectivity index (χ0) is 28.9. The van der Waals surface area contributed by atoms with Crippen molar-refractivity contribution in [2.75, 3.05) is 43.0 Å². The highest BCUT2D eigenvalue weighted by Gasteiger charge is 2.31. The molecule has 1 aliphatic rings. The molecule has 0 bridgehead atoms. The molecule has 0 radical (unpaired) electrons. The number of nitrogens with zero attached hydrogens (tertiary/aromatic N) is 3. The number of carbonyl (C=O) groups is 2. The van der Waals surface area contributed by atoms with Gasteiger partial charge in [0.25, 0.3) is 11.6 Å². The van der Waals surface area contributed by atoms with Gasteiger partial charge in [-0.25, -0.2) is 0 Å². The maximum Gasteiger partial charge on any atom is 0.416 e. The second kappa shape index (κ2) is 12.0. The quantitative estimate of drug-likeness (QED) is 0.284. The molecule has 10 nitrogen and oxygen atoms in total. The van der Waals surface area contributed by atoms with Gasteiger partial charge in [0.15, 0.2) is 0 Å². The molecule has 3 aromatic carbocycles. The van der Waals surface area contributed by atoms with Gasteiger partial charge in [0.05, 0.1) is 28.3 Å². The number of carbonyl (C=O) groups excluding carboxylic acids is 2. The summed E-state index contributed by atoms with van der Waals surface area (Å²) in [6, 6.07) is 15.5. The Kier molecular flexibility index (Phi) is 8.53. The number of hydrogen-bond acceptors (Lipinski definition) is 7. The summed E-state index contributed by atoms with van der Waals surface area (Å²) >= 11 is 0. The predicted octanol–water partition coefficient (Wildman–Crippen LogP) is 3.80. The van der Waals surface area contributed by atoms with E-state index < -0.39 is 41.1 Å². The highest BCUT2D eigenvalue weighted by atomic mass is 19.4. The van der Waals surface area contributed by atoms with Gasteiger partial charge in [-0.15, -0.1) is 0 Å². The number of aliphatic hydroxyl groups excluding tert-OH is 1. The molecule has 1 heterocycles. The molecule has 1 saturated heterocycles. The van der Waals surface area contributed by atoms with Crippen LogP contribution in [0.25, 0.3) is 0 Å². The number of halogens is 3. The summed E-state index contributed by atoms with van der Waals surface area (Å²) in [5.74, 6) is -1.17. The van der Waals surface area contributed by atoms with E-state index in [-0.39, 0.29) is 22.6 Å². The minimum Gasteiger partial charge on any atom is -0.394 e. The highest BCUT2D eigenvalue weighted by Crippen LogP contribution is 2.32. The number of aliphatic hydroxyl groups is 1. The van der Waals surface area contributed by atoms with Crippen LogP contribution in [-0.2, 0) is 11.0 Å². The number of nitrogens with one attached hydrogen (secondary N) is 2. The van der Waals surface area contributed by atoms with Crippen LogP contribution in [0, 0.1) is 10.1 Å². The van der Waals surface area contributed by atoms with E-state index in [1.165, 1.54) is 41.3 Å². The van der Waals surface area contributed by atoms with Crippen molar-refractivity contribution in [3.63, 3.8) is 0 Å². The summed E-state index contributed by atoms with van der Waals surface area (Å²) in [4.78, 5) is 40.0. The van der Waals surface area contributed by atoms with E-state index in [0.717, 1.165) is 17.8 Å². The van der Waals surface area contributed by atoms with Gasteiger partial charge in [-0.05, 0) is 42.5 Å². The Bertz CT molecular complexity index is 1380. The third kappa shape index (κ3) is 6.67. The Morgan fingerprint density at radius 1 is 0.975 bits per heavy atom. The minimum absolute atomic E-state index is 0.0225. The number of alkyl halides is 3. The fraction of sp³-hybridized carbons (Fsp3) is 0.259. The first kappa shape index (κ1) is 28.4. The summed E-state index contributed by atoms with van der Waals surface area (Å²) < 4.78 is 39.3. The lowest BCUT2D eigenvalue weighted by molar-refractivity contribution is -0.384. The lowest BCUT2D eigenvalue weighted by atomic mass is 10.1. The Morgan fingerprint density at radius 3 is 2.27 bits per heavy atom. The fourth-order valence-electron chi connectivity index (χ4n) is 4.33. The Morgan fingerprint density at radius 2 is 1.65 bits per heavy atom. The summed E-state index contributed by atoms with van der Waals surface area (Å²) in [7, 11) is 0. The van der Waals surface area contributed by atoms with Crippen LogP contribution < -0.4 is 15.5 Å². The molecule has 0 spiro atoms. The second-order valence-electron chi connectivity index (χ2n) is 9.04. The molecule has 210 valence electrons. The van der Waals surface area contributed by atoms with Crippen LogP contribution in [0.15, 0.2) is 72.8 Å². The number of para-hydroxylation sites is 1. The van der Waals surface area contributed by atoms with E-state index in [1.807, 2.05) is 4.90 Å². The van der Waals surface area contributed by atoms with Crippen molar-refractivity contribution in [2.45, 2.75) is 12.2 Å². The number of nitro benzene ring substituents is 1. The molecule has 3 aromatic rings. The van der Waals surface area contributed by atoms with Crippen LogP contribution in [0.5, 0.6) is 0 Å². The zero-order valence-corrected chi connectivity index (χ0v) is 21.1. The molecular weight excluding hydrogens is 531 g/mol. The van der Waals surface area contributed by atoms with Crippen molar-refractivity contribution < 1.29 is 32.8 Å². The first-order valence-corrected chi connectivity index (χ1v) is 12.3. The monoisotopic (exact) mass is 557 g/mol. The van der Waals surface area contributed by atoms with Gasteiger partial charge in [-0.1, -0.05) is 18.2 Å². The smallest absolute Gasteiger partial charge is 0.394 e. The molecule has 1 fully saturated rings. The highest BCUT2D eigenvalue weighted by molar-refractivity contribution is 6.02. The first-order valence-electron chi connectivity index (χ1n) is 12.3. The molecule has 4 rings (SSSR count). The molecule has 0 aromatic heterocycles. The number of piperazine rings is 1. The molecule has 0 aliphatic carbocycles. The van der Waals surface area contributed by atoms with Gasteiger partial charge >= 0.3 is 6.18 Å². The number of benzene rings is 3. The number of rotatable bonds is 8. The number of hydrogen-bond donors (Lipinski definition) is 3. The summed E-state index contributed by atoms with van der Waals surface area (Å²) in [6.45, 7) is 0.834. The maximum absolute atomic E-state index is 13.1. The largest absolute Gasteiger partial charge is 0.416 e. The van der Waals surface area contributed by atoms with Gasteiger partial charge in [-0.3, -0.25) is 19.7 Å². The molecule has 13 heteroatoms. The number of non-ortho nitro benzene ring substituents is 1. The van der Waals surface area contributed by atoms with E-state index in [0.29, 0.717) is 26.2 Å². The molecule has 1 atom stereocenters. The van der Waals surface area contributed by atoms with Crippen molar-refractivity contribution in [1.29, 1.82) is 0 Å². The average Bonchev–Trinajstić information content (AvgIpc) is 2.95. The minimum atomic E-state index is -4.53. The fourth-order valence-corrected chi connectivity index (χ4v) is 4.33. The Labute approximate surface area is 227 Å². The third-order valence-electron chi connectivity index (χ3n) is 6.44. The molecular formula is C27H26F3N5O5. The lowest BCUT2D eigenvalue weighted by Gasteiger charge is -2.37. The lowest BCUT2D eigenvalue weighted by Crippen LogP contribution is -2.56. The summed E-state index contributed by atoms with van der Waals surface area (Å²) in [5.41, 5.74) is 0.324. The third-order valence-corrected chi connectivity index (χ3v) is 6.44. The molecule has 2 amide bonds. The first-order chi connectivity index (χ1) is 19.1. The summed E-state index contributed by atoms with van der Waals surface area (Å²) in [6.07, 6.45) is -4.53. The zero-order valence-electron chi connectivity index (χ0n) is 21.1. The SMILES string of the molecule is O=C(N[C@@H](CO)C(=O)N1CCN(c2ccc([N+](=O)[O-])cc2)CC1)c1ccccc1Nc1cccc(C(F)(F)F)c1. The van der Waals surface area contributed by atoms with Crippen LogP contribution in [-0.4, -0.2) is 65.6 Å². The number of anilines is 3. The van der Waals surface area contributed by atoms with Crippen LogP contribution in [0.1, 0.15) is 15.9 Å². The van der Waals surface area contributed by atoms with Crippen molar-refractivity contribution in [3.05, 3.63) is 94.0 Å². The van der Waals surface area contributed by atoms with Gasteiger partial charge in [0.1, 0.15) is 6.04 Å². The van der Waals surface area contributed by atoms with Gasteiger partial charge in [0, 0.05) is 49.7 Å². The molecule has 40 heavy (non-hydrogen) atoms. The number of amides is 2. The van der Waals surface area contributed by atoms with Crippen molar-refractivity contribution in [2.24, 2.45) is 0 Å². The van der Waals surface area contributed by atoms with Crippen molar-refractivity contribution in [1.82, 2.24) is 10.2 Å². The standard InChI is InChI=1S/C27H26F3N5O5/c28-27(29,30)18-4-3-5-19(16-18)31-23-7-2-1-6-22(23)25(37)32-24(17-36)26(38)34-14-12-33(13-15-34)20-8-10-21(11-9-20)35(39)40/h1-11,16,24,31,36H,12-15,17H2,(H,32,37)/t24-/m0/s1.